The van der Waals surface area contributed by atoms with Crippen LogP contribution >= 0.6 is 22.7 Å². The van der Waals surface area contributed by atoms with Crippen LogP contribution in [0.3, 0.4) is 0 Å². The maximum absolute atomic E-state index is 4.43. The highest BCUT2D eigenvalue weighted by Gasteiger charge is 2.01. The molecule has 0 bridgehead atoms. The molecule has 4 rings (SSSR count). The standard InChI is InChI=1S/2C9H9NS/c1-6-4-3-5-8-9(6)10-7(2)11-8;1-6-4-3-5-8-9(6)11-7(2)10-8/h2*3-5H,1-2H3. The summed E-state index contributed by atoms with van der Waals surface area (Å²) in [7, 11) is 0. The van der Waals surface area contributed by atoms with E-state index in [9.17, 15) is 0 Å². The lowest BCUT2D eigenvalue weighted by Crippen LogP contribution is -1.74. The van der Waals surface area contributed by atoms with Crippen molar-refractivity contribution in [3.8, 4) is 0 Å². The molecule has 4 aromatic rings. The van der Waals surface area contributed by atoms with Gasteiger partial charge in [-0.3, -0.25) is 0 Å². The third-order valence-electron chi connectivity index (χ3n) is 3.45. The Kier molecular flexibility index (Phi) is 4.23. The molecule has 0 saturated heterocycles. The molecule has 0 saturated carbocycles. The van der Waals surface area contributed by atoms with Gasteiger partial charge in [0.25, 0.3) is 0 Å². The van der Waals surface area contributed by atoms with Crippen LogP contribution in [0.1, 0.15) is 21.1 Å². The molecular weight excluding hydrogens is 308 g/mol. The van der Waals surface area contributed by atoms with Gasteiger partial charge in [-0.2, -0.15) is 0 Å². The van der Waals surface area contributed by atoms with Crippen LogP contribution in [-0.4, -0.2) is 9.97 Å². The van der Waals surface area contributed by atoms with E-state index in [2.05, 4.69) is 60.2 Å². The van der Waals surface area contributed by atoms with Crippen LogP contribution in [0.4, 0.5) is 0 Å². The molecule has 0 fully saturated rings. The highest BCUT2D eigenvalue weighted by atomic mass is 32.1. The van der Waals surface area contributed by atoms with E-state index in [0.717, 1.165) is 21.0 Å². The molecule has 0 amide bonds. The second-order valence-electron chi connectivity index (χ2n) is 5.31. The molecule has 0 atom stereocenters. The zero-order chi connectivity index (χ0) is 15.7. The Labute approximate surface area is 138 Å². The van der Waals surface area contributed by atoms with E-state index >= 15 is 0 Å². The molecule has 0 aliphatic rings. The third kappa shape index (κ3) is 3.03. The van der Waals surface area contributed by atoms with Crippen molar-refractivity contribution in [1.29, 1.82) is 0 Å². The van der Waals surface area contributed by atoms with Crippen LogP contribution in [0.15, 0.2) is 36.4 Å². The number of hydrogen-bond donors (Lipinski definition) is 0. The Bertz CT molecular complexity index is 857. The molecule has 2 nitrogen and oxygen atoms in total. The molecule has 0 aliphatic carbocycles. The summed E-state index contributed by atoms with van der Waals surface area (Å²) >= 11 is 3.52. The summed E-state index contributed by atoms with van der Waals surface area (Å²) in [6, 6.07) is 12.5. The predicted octanol–water partition coefficient (Wildman–Crippen LogP) is 5.83. The second kappa shape index (κ2) is 6.15. The predicted molar refractivity (Wildman–Crippen MR) is 98.2 cm³/mol. The number of hydrogen-bond acceptors (Lipinski definition) is 4. The van der Waals surface area contributed by atoms with E-state index in [4.69, 9.17) is 0 Å². The molecule has 0 radical (unpaired) electrons. The zero-order valence-corrected chi connectivity index (χ0v) is 14.8. The van der Waals surface area contributed by atoms with Crippen molar-refractivity contribution in [2.45, 2.75) is 27.7 Å². The van der Waals surface area contributed by atoms with Crippen molar-refractivity contribution in [2.24, 2.45) is 0 Å². The monoisotopic (exact) mass is 326 g/mol. The van der Waals surface area contributed by atoms with Crippen LogP contribution < -0.4 is 0 Å². The van der Waals surface area contributed by atoms with Crippen LogP contribution in [-0.2, 0) is 0 Å². The Morgan fingerprint density at radius 1 is 0.727 bits per heavy atom. The maximum atomic E-state index is 4.43. The number of rotatable bonds is 0. The highest BCUT2D eigenvalue weighted by molar-refractivity contribution is 7.18. The SMILES string of the molecule is Cc1nc2c(C)cccc2s1.Cc1nc2cccc(C)c2s1. The fourth-order valence-corrected chi connectivity index (χ4v) is 4.19. The Balaban J connectivity index is 0.000000131. The van der Waals surface area contributed by atoms with E-state index in [-0.39, 0.29) is 0 Å². The topological polar surface area (TPSA) is 25.8 Å². The van der Waals surface area contributed by atoms with Gasteiger partial charge >= 0.3 is 0 Å². The van der Waals surface area contributed by atoms with E-state index in [0.29, 0.717) is 0 Å². The summed E-state index contributed by atoms with van der Waals surface area (Å²) in [5.74, 6) is 0. The van der Waals surface area contributed by atoms with Crippen molar-refractivity contribution in [3.63, 3.8) is 0 Å². The number of para-hydroxylation sites is 1. The van der Waals surface area contributed by atoms with Crippen molar-refractivity contribution < 1.29 is 0 Å². The first kappa shape index (κ1) is 15.1. The van der Waals surface area contributed by atoms with E-state index in [1.54, 1.807) is 22.7 Å². The normalized spacial score (nSPS) is 10.7. The van der Waals surface area contributed by atoms with Crippen molar-refractivity contribution in [2.75, 3.05) is 0 Å². The maximum Gasteiger partial charge on any atom is 0.0907 e. The minimum atomic E-state index is 1.13. The lowest BCUT2D eigenvalue weighted by atomic mass is 10.2. The minimum Gasteiger partial charge on any atom is -0.242 e. The number of aryl methyl sites for hydroxylation is 4. The van der Waals surface area contributed by atoms with Gasteiger partial charge in [-0.1, -0.05) is 24.3 Å². The van der Waals surface area contributed by atoms with Crippen molar-refractivity contribution in [3.05, 3.63) is 57.5 Å². The zero-order valence-electron chi connectivity index (χ0n) is 13.2. The summed E-state index contributed by atoms with van der Waals surface area (Å²) in [5, 5.41) is 2.30. The summed E-state index contributed by atoms with van der Waals surface area (Å²) < 4.78 is 2.62. The number of nitrogens with zero attached hydrogens (tertiary/aromatic N) is 2. The summed E-state index contributed by atoms with van der Waals surface area (Å²) in [6.07, 6.45) is 0. The molecule has 2 heterocycles. The Morgan fingerprint density at radius 3 is 2.14 bits per heavy atom. The molecule has 0 unspecified atom stereocenters. The highest BCUT2D eigenvalue weighted by Crippen LogP contribution is 2.24. The summed E-state index contributed by atoms with van der Waals surface area (Å²) in [6.45, 7) is 8.32. The quantitative estimate of drug-likeness (QED) is 0.406. The first-order chi connectivity index (χ1) is 10.5. The van der Waals surface area contributed by atoms with E-state index in [1.165, 1.54) is 20.5 Å². The number of thiazole rings is 2. The van der Waals surface area contributed by atoms with Crippen molar-refractivity contribution in [1.82, 2.24) is 9.97 Å². The van der Waals surface area contributed by atoms with Gasteiger partial charge in [-0.25, -0.2) is 9.97 Å². The largest absolute Gasteiger partial charge is 0.242 e. The van der Waals surface area contributed by atoms with Gasteiger partial charge in [0, 0.05) is 0 Å². The smallest absolute Gasteiger partial charge is 0.0907 e. The Morgan fingerprint density at radius 2 is 1.41 bits per heavy atom. The van der Waals surface area contributed by atoms with Gasteiger partial charge in [0.15, 0.2) is 0 Å². The van der Waals surface area contributed by atoms with Gasteiger partial charge < -0.3 is 0 Å². The molecule has 2 aromatic heterocycles. The van der Waals surface area contributed by atoms with Crippen LogP contribution in [0.25, 0.3) is 20.4 Å². The molecule has 0 N–H and O–H groups in total. The molecule has 2 aromatic carbocycles. The number of fused-ring (bicyclic) bond motifs is 2. The molecular formula is C18H18N2S2. The van der Waals surface area contributed by atoms with E-state index < -0.39 is 0 Å². The lowest BCUT2D eigenvalue weighted by molar-refractivity contribution is 1.32. The first-order valence-corrected chi connectivity index (χ1v) is 8.83. The average molecular weight is 326 g/mol. The first-order valence-electron chi connectivity index (χ1n) is 7.20. The number of aromatic nitrogens is 2. The molecule has 0 aliphatic heterocycles. The molecule has 22 heavy (non-hydrogen) atoms. The molecule has 0 spiro atoms. The number of benzene rings is 2. The average Bonchev–Trinajstić information content (AvgIpc) is 3.03. The fourth-order valence-electron chi connectivity index (χ4n) is 2.40. The molecule has 4 heteroatoms. The lowest BCUT2D eigenvalue weighted by Gasteiger charge is -1.90. The van der Waals surface area contributed by atoms with Crippen LogP contribution in [0.2, 0.25) is 0 Å². The van der Waals surface area contributed by atoms with Gasteiger partial charge in [0.05, 0.1) is 30.4 Å². The molecule has 112 valence electrons. The second-order valence-corrected chi connectivity index (χ2v) is 7.75. The summed E-state index contributed by atoms with van der Waals surface area (Å²) in [5.41, 5.74) is 4.89. The van der Waals surface area contributed by atoms with Gasteiger partial charge in [-0.15, -0.1) is 22.7 Å². The van der Waals surface area contributed by atoms with Crippen LogP contribution in [0, 0.1) is 27.7 Å². The third-order valence-corrected chi connectivity index (χ3v) is 5.50. The summed E-state index contributed by atoms with van der Waals surface area (Å²) in [4.78, 5) is 8.82. The van der Waals surface area contributed by atoms with Gasteiger partial charge in [-0.05, 0) is 51.0 Å². The van der Waals surface area contributed by atoms with Crippen LogP contribution in [0.5, 0.6) is 0 Å². The van der Waals surface area contributed by atoms with Gasteiger partial charge in [0.2, 0.25) is 0 Å². The van der Waals surface area contributed by atoms with Gasteiger partial charge in [0.1, 0.15) is 0 Å². The Hall–Kier alpha value is -1.78. The van der Waals surface area contributed by atoms with E-state index in [1.807, 2.05) is 13.8 Å². The van der Waals surface area contributed by atoms with Crippen molar-refractivity contribution >= 4 is 43.1 Å². The minimum absolute atomic E-state index is 1.13. The fraction of sp³-hybridized carbons (Fsp3) is 0.222.